The van der Waals surface area contributed by atoms with Gasteiger partial charge in [-0.05, 0) is 42.5 Å². The average molecular weight is 400 g/mol. The summed E-state index contributed by atoms with van der Waals surface area (Å²) in [4.78, 5) is 8.41. The third kappa shape index (κ3) is 5.42. The average Bonchev–Trinajstić information content (AvgIpc) is 3.33. The van der Waals surface area contributed by atoms with Crippen LogP contribution in [0.2, 0.25) is 0 Å². The summed E-state index contributed by atoms with van der Waals surface area (Å²) >= 11 is 1.80. The summed E-state index contributed by atoms with van der Waals surface area (Å²) in [5.41, 5.74) is 1.11. The van der Waals surface area contributed by atoms with Crippen molar-refractivity contribution in [3.8, 4) is 5.75 Å². The molecule has 1 atom stereocenters. The van der Waals surface area contributed by atoms with Gasteiger partial charge in [0.25, 0.3) is 0 Å². The van der Waals surface area contributed by atoms with E-state index in [1.54, 1.807) is 18.4 Å². The molecule has 0 spiro atoms. The van der Waals surface area contributed by atoms with E-state index in [1.807, 2.05) is 12.1 Å². The highest BCUT2D eigenvalue weighted by atomic mass is 32.1. The summed E-state index contributed by atoms with van der Waals surface area (Å²) in [6.45, 7) is 9.97. The van der Waals surface area contributed by atoms with Crippen LogP contribution in [0.25, 0.3) is 0 Å². The van der Waals surface area contributed by atoms with Crippen molar-refractivity contribution in [2.45, 2.75) is 58.7 Å². The van der Waals surface area contributed by atoms with E-state index >= 15 is 0 Å². The summed E-state index contributed by atoms with van der Waals surface area (Å²) in [6.07, 6.45) is 0.994. The van der Waals surface area contributed by atoms with E-state index in [4.69, 9.17) is 9.26 Å². The van der Waals surface area contributed by atoms with Gasteiger partial charge in [0, 0.05) is 22.9 Å². The minimum absolute atomic E-state index is 0.120. The summed E-state index contributed by atoms with van der Waals surface area (Å²) in [6, 6.07) is 12.9. The maximum Gasteiger partial charge on any atom is 0.240 e. The summed E-state index contributed by atoms with van der Waals surface area (Å²) in [5, 5.41) is 6.31. The fourth-order valence-corrected chi connectivity index (χ4v) is 3.81. The van der Waals surface area contributed by atoms with Crippen molar-refractivity contribution in [2.75, 3.05) is 7.11 Å². The van der Waals surface area contributed by atoms with Gasteiger partial charge in [0.15, 0.2) is 5.82 Å². The Morgan fingerprint density at radius 1 is 1.14 bits per heavy atom. The Labute approximate surface area is 171 Å². The van der Waals surface area contributed by atoms with Crippen LogP contribution in [-0.2, 0) is 24.9 Å². The van der Waals surface area contributed by atoms with Gasteiger partial charge in [-0.1, -0.05) is 44.1 Å². The molecule has 0 saturated carbocycles. The Bertz CT molecular complexity index is 851. The molecule has 0 saturated heterocycles. The Kier molecular flexibility index (Phi) is 6.52. The second-order valence-corrected chi connectivity index (χ2v) is 9.18. The maximum atomic E-state index is 5.56. The molecule has 0 bridgehead atoms. The van der Waals surface area contributed by atoms with Crippen LogP contribution >= 0.6 is 11.3 Å². The largest absolute Gasteiger partial charge is 0.497 e. The second-order valence-electron chi connectivity index (χ2n) is 8.15. The predicted octanol–water partition coefficient (Wildman–Crippen LogP) is 5.07. The number of aromatic nitrogens is 2. The zero-order chi connectivity index (χ0) is 20.1. The van der Waals surface area contributed by atoms with Crippen LogP contribution < -0.4 is 4.74 Å². The molecule has 0 aliphatic heterocycles. The Morgan fingerprint density at radius 2 is 1.89 bits per heavy atom. The highest BCUT2D eigenvalue weighted by Crippen LogP contribution is 2.22. The van der Waals surface area contributed by atoms with Crippen LogP contribution in [0.15, 0.2) is 46.3 Å². The number of nitrogens with zero attached hydrogens (tertiary/aromatic N) is 3. The van der Waals surface area contributed by atoms with Crippen molar-refractivity contribution >= 4 is 11.3 Å². The molecule has 2 aromatic heterocycles. The zero-order valence-electron chi connectivity index (χ0n) is 17.3. The molecule has 0 amide bonds. The summed E-state index contributed by atoms with van der Waals surface area (Å²) < 4.78 is 10.8. The lowest BCUT2D eigenvalue weighted by Crippen LogP contribution is -2.33. The first-order valence-electron chi connectivity index (χ1n) is 9.57. The molecule has 0 N–H and O–H groups in total. The Hall–Kier alpha value is -2.18. The van der Waals surface area contributed by atoms with Crippen LogP contribution in [0.3, 0.4) is 0 Å². The normalized spacial score (nSPS) is 13.1. The van der Waals surface area contributed by atoms with Gasteiger partial charge >= 0.3 is 0 Å². The minimum atomic E-state index is -0.120. The molecular formula is C22H29N3O2S. The van der Waals surface area contributed by atoms with E-state index in [1.165, 1.54) is 10.4 Å². The van der Waals surface area contributed by atoms with Gasteiger partial charge in [-0.25, -0.2) is 0 Å². The van der Waals surface area contributed by atoms with Gasteiger partial charge in [0.05, 0.1) is 13.7 Å². The van der Waals surface area contributed by atoms with E-state index in [0.29, 0.717) is 18.5 Å². The van der Waals surface area contributed by atoms with Crippen LogP contribution in [0.5, 0.6) is 5.75 Å². The molecule has 1 unspecified atom stereocenters. The fraction of sp³-hybridized carbons (Fsp3) is 0.455. The van der Waals surface area contributed by atoms with E-state index < -0.39 is 0 Å². The van der Waals surface area contributed by atoms with E-state index in [9.17, 15) is 0 Å². The molecule has 5 nitrogen and oxygen atoms in total. The third-order valence-corrected chi connectivity index (χ3v) is 5.62. The van der Waals surface area contributed by atoms with Crippen LogP contribution in [0.4, 0.5) is 0 Å². The fourth-order valence-electron chi connectivity index (χ4n) is 2.98. The molecule has 1 aromatic carbocycles. The first kappa shape index (κ1) is 20.6. The van der Waals surface area contributed by atoms with Crippen LogP contribution in [0, 0.1) is 0 Å². The minimum Gasteiger partial charge on any atom is -0.497 e. The standard InChI is InChI=1S/C22H29N3O2S/c1-16(13-19-7-6-12-28-19)25(14-17-8-10-18(26-5)11-9-17)15-20-23-21(24-27-20)22(2,3)4/h6-12,16H,13-15H2,1-5H3. The summed E-state index contributed by atoms with van der Waals surface area (Å²) in [7, 11) is 1.69. The highest BCUT2D eigenvalue weighted by Gasteiger charge is 2.23. The molecule has 3 rings (SSSR count). The maximum absolute atomic E-state index is 5.56. The molecular weight excluding hydrogens is 370 g/mol. The first-order valence-corrected chi connectivity index (χ1v) is 10.5. The third-order valence-electron chi connectivity index (χ3n) is 4.72. The Balaban J connectivity index is 1.77. The van der Waals surface area contributed by atoms with Gasteiger partial charge in [-0.15, -0.1) is 11.3 Å². The van der Waals surface area contributed by atoms with Gasteiger partial charge < -0.3 is 9.26 Å². The topological polar surface area (TPSA) is 51.4 Å². The molecule has 2 heterocycles. The monoisotopic (exact) mass is 399 g/mol. The van der Waals surface area contributed by atoms with Gasteiger partial charge in [0.1, 0.15) is 5.75 Å². The van der Waals surface area contributed by atoms with Gasteiger partial charge in [0.2, 0.25) is 5.89 Å². The second kappa shape index (κ2) is 8.88. The van der Waals surface area contributed by atoms with Crippen molar-refractivity contribution in [2.24, 2.45) is 0 Å². The smallest absolute Gasteiger partial charge is 0.240 e. The molecule has 0 aliphatic carbocycles. The number of methoxy groups -OCH3 is 1. The lowest BCUT2D eigenvalue weighted by molar-refractivity contribution is 0.165. The van der Waals surface area contributed by atoms with Crippen molar-refractivity contribution in [3.63, 3.8) is 0 Å². The van der Waals surface area contributed by atoms with E-state index in [2.05, 4.69) is 72.4 Å². The molecule has 150 valence electrons. The lowest BCUT2D eigenvalue weighted by atomic mass is 9.96. The van der Waals surface area contributed by atoms with Crippen LogP contribution in [-0.4, -0.2) is 28.2 Å². The SMILES string of the molecule is COc1ccc(CN(Cc2nc(C(C)(C)C)no2)C(C)Cc2cccs2)cc1. The molecule has 28 heavy (non-hydrogen) atoms. The lowest BCUT2D eigenvalue weighted by Gasteiger charge is -2.27. The molecule has 0 aliphatic rings. The number of hydrogen-bond acceptors (Lipinski definition) is 6. The number of thiophene rings is 1. The van der Waals surface area contributed by atoms with Gasteiger partial charge in [-0.3, -0.25) is 4.90 Å². The van der Waals surface area contributed by atoms with Crippen LogP contribution in [0.1, 0.15) is 49.9 Å². The number of ether oxygens (including phenoxy) is 1. The van der Waals surface area contributed by atoms with Crippen molar-refractivity contribution in [1.82, 2.24) is 15.0 Å². The number of rotatable bonds is 8. The number of hydrogen-bond donors (Lipinski definition) is 0. The zero-order valence-corrected chi connectivity index (χ0v) is 18.1. The predicted molar refractivity (Wildman–Crippen MR) is 113 cm³/mol. The van der Waals surface area contributed by atoms with Crippen molar-refractivity contribution in [1.29, 1.82) is 0 Å². The van der Waals surface area contributed by atoms with E-state index in [0.717, 1.165) is 24.5 Å². The van der Waals surface area contributed by atoms with Gasteiger partial charge in [-0.2, -0.15) is 4.98 Å². The quantitative estimate of drug-likeness (QED) is 0.529. The van der Waals surface area contributed by atoms with Crippen molar-refractivity contribution < 1.29 is 9.26 Å². The number of benzene rings is 1. The molecule has 0 radical (unpaired) electrons. The first-order chi connectivity index (χ1) is 13.3. The molecule has 3 aromatic rings. The molecule has 6 heteroatoms. The summed E-state index contributed by atoms with van der Waals surface area (Å²) in [5.74, 6) is 2.28. The van der Waals surface area contributed by atoms with Crippen molar-refractivity contribution in [3.05, 3.63) is 63.9 Å². The Morgan fingerprint density at radius 3 is 2.46 bits per heavy atom. The highest BCUT2D eigenvalue weighted by molar-refractivity contribution is 7.09. The molecule has 0 fully saturated rings. The van der Waals surface area contributed by atoms with E-state index in [-0.39, 0.29) is 5.41 Å².